The quantitative estimate of drug-likeness (QED) is 0.424. The molecule has 110 valence electrons. The first-order valence-corrected chi connectivity index (χ1v) is 6.11. The van der Waals surface area contributed by atoms with E-state index in [1.165, 1.54) is 24.3 Å². The predicted molar refractivity (Wildman–Crippen MR) is 71.4 cm³/mol. The summed E-state index contributed by atoms with van der Waals surface area (Å²) in [5, 5.41) is 17.5. The van der Waals surface area contributed by atoms with Gasteiger partial charge in [0.15, 0.2) is 0 Å². The van der Waals surface area contributed by atoms with Crippen LogP contribution in [0.1, 0.15) is 12.8 Å². The maximum atomic E-state index is 11.7. The van der Waals surface area contributed by atoms with Crippen molar-refractivity contribution in [1.29, 1.82) is 0 Å². The molecule has 1 aliphatic heterocycles. The van der Waals surface area contributed by atoms with Crippen molar-refractivity contribution in [2.75, 3.05) is 5.32 Å². The van der Waals surface area contributed by atoms with Crippen LogP contribution in [0.25, 0.3) is 0 Å². The molecule has 0 bridgehead atoms. The molecule has 0 aromatic heterocycles. The highest BCUT2D eigenvalue weighted by atomic mass is 16.6. The molecule has 0 spiro atoms. The first kappa shape index (κ1) is 14.4. The predicted octanol–water partition coefficient (Wildman–Crippen LogP) is 0.522. The molecule has 0 aliphatic carbocycles. The molecule has 3 N–H and O–H groups in total. The lowest BCUT2D eigenvalue weighted by Crippen LogP contribution is -2.53. The summed E-state index contributed by atoms with van der Waals surface area (Å²) < 4.78 is 0. The SMILES string of the molecule is O=C1CCC(NC(=O)Nc2cccc([N+](=O)[O-])c2)C(=O)N1. The summed E-state index contributed by atoms with van der Waals surface area (Å²) in [5.41, 5.74) is 0.0720. The molecule has 4 amide bonds. The standard InChI is InChI=1S/C12H12N4O5/c17-10-5-4-9(11(18)15-10)14-12(19)13-7-2-1-3-8(6-7)16(20)21/h1-3,6,9H,4-5H2,(H2,13,14,19)(H,15,17,18). The molecule has 9 nitrogen and oxygen atoms in total. The minimum Gasteiger partial charge on any atom is -0.326 e. The van der Waals surface area contributed by atoms with Gasteiger partial charge in [-0.2, -0.15) is 0 Å². The van der Waals surface area contributed by atoms with Crippen molar-refractivity contribution in [3.05, 3.63) is 34.4 Å². The molecule has 21 heavy (non-hydrogen) atoms. The van der Waals surface area contributed by atoms with Crippen LogP contribution in [-0.2, 0) is 9.59 Å². The summed E-state index contributed by atoms with van der Waals surface area (Å²) in [6.07, 6.45) is 0.362. The topological polar surface area (TPSA) is 130 Å². The van der Waals surface area contributed by atoms with E-state index >= 15 is 0 Å². The van der Waals surface area contributed by atoms with Crippen molar-refractivity contribution in [2.24, 2.45) is 0 Å². The van der Waals surface area contributed by atoms with E-state index in [-0.39, 0.29) is 30.1 Å². The molecule has 9 heteroatoms. The average Bonchev–Trinajstić information content (AvgIpc) is 2.42. The summed E-state index contributed by atoms with van der Waals surface area (Å²) in [7, 11) is 0. The number of hydrogen-bond donors (Lipinski definition) is 3. The number of rotatable bonds is 3. The Morgan fingerprint density at radius 2 is 2.14 bits per heavy atom. The fourth-order valence-corrected chi connectivity index (χ4v) is 1.85. The second kappa shape index (κ2) is 5.99. The van der Waals surface area contributed by atoms with Gasteiger partial charge in [0.2, 0.25) is 11.8 Å². The maximum Gasteiger partial charge on any atom is 0.319 e. The highest BCUT2D eigenvalue weighted by Crippen LogP contribution is 2.17. The van der Waals surface area contributed by atoms with Crippen molar-refractivity contribution >= 4 is 29.2 Å². The molecule has 1 aromatic rings. The van der Waals surface area contributed by atoms with Crippen LogP contribution < -0.4 is 16.0 Å². The number of carbonyl (C=O) groups is 3. The van der Waals surface area contributed by atoms with E-state index in [9.17, 15) is 24.5 Å². The molecule has 1 fully saturated rings. The highest BCUT2D eigenvalue weighted by Gasteiger charge is 2.27. The minimum absolute atomic E-state index is 0.146. The lowest BCUT2D eigenvalue weighted by atomic mass is 10.1. The molecule has 1 heterocycles. The largest absolute Gasteiger partial charge is 0.326 e. The fourth-order valence-electron chi connectivity index (χ4n) is 1.85. The number of hydrogen-bond acceptors (Lipinski definition) is 5. The van der Waals surface area contributed by atoms with Crippen LogP contribution in [-0.4, -0.2) is 28.8 Å². The number of nitrogens with zero attached hydrogens (tertiary/aromatic N) is 1. The number of carbonyl (C=O) groups excluding carboxylic acids is 3. The first-order valence-electron chi connectivity index (χ1n) is 6.11. The Bertz CT molecular complexity index is 615. The zero-order chi connectivity index (χ0) is 15.4. The van der Waals surface area contributed by atoms with Gasteiger partial charge in [0.05, 0.1) is 4.92 Å². The molecule has 2 rings (SSSR count). The van der Waals surface area contributed by atoms with Crippen molar-refractivity contribution in [3.8, 4) is 0 Å². The Hall–Kier alpha value is -2.97. The number of non-ortho nitro benzene ring substituents is 1. The smallest absolute Gasteiger partial charge is 0.319 e. The second-order valence-corrected chi connectivity index (χ2v) is 4.41. The van der Waals surface area contributed by atoms with Crippen molar-refractivity contribution in [3.63, 3.8) is 0 Å². The van der Waals surface area contributed by atoms with E-state index in [0.29, 0.717) is 0 Å². The lowest BCUT2D eigenvalue weighted by molar-refractivity contribution is -0.384. The monoisotopic (exact) mass is 292 g/mol. The zero-order valence-corrected chi connectivity index (χ0v) is 10.8. The number of nitro benzene ring substituents is 1. The molecule has 0 radical (unpaired) electrons. The van der Waals surface area contributed by atoms with Gasteiger partial charge in [-0.3, -0.25) is 25.0 Å². The fraction of sp³-hybridized carbons (Fsp3) is 0.250. The summed E-state index contributed by atoms with van der Waals surface area (Å²) in [4.78, 5) is 44.2. The van der Waals surface area contributed by atoms with Gasteiger partial charge in [-0.1, -0.05) is 6.07 Å². The molecule has 1 saturated heterocycles. The Balaban J connectivity index is 1.95. The molecular weight excluding hydrogens is 280 g/mol. The highest BCUT2D eigenvalue weighted by molar-refractivity contribution is 6.02. The van der Waals surface area contributed by atoms with Crippen molar-refractivity contribution in [1.82, 2.24) is 10.6 Å². The van der Waals surface area contributed by atoms with Gasteiger partial charge < -0.3 is 10.6 Å². The van der Waals surface area contributed by atoms with Crippen LogP contribution in [0.2, 0.25) is 0 Å². The number of piperidine rings is 1. The molecule has 1 aromatic carbocycles. The molecule has 1 aliphatic rings. The molecular formula is C12H12N4O5. The molecule has 0 saturated carbocycles. The molecule has 1 atom stereocenters. The number of urea groups is 1. The summed E-state index contributed by atoms with van der Waals surface area (Å²) in [6, 6.07) is 3.93. The van der Waals surface area contributed by atoms with Crippen molar-refractivity contribution < 1.29 is 19.3 Å². The number of imide groups is 1. The third kappa shape index (κ3) is 3.75. The maximum absolute atomic E-state index is 11.7. The number of benzene rings is 1. The van der Waals surface area contributed by atoms with Gasteiger partial charge in [0.25, 0.3) is 5.69 Å². The number of anilines is 1. The van der Waals surface area contributed by atoms with Crippen LogP contribution in [0.3, 0.4) is 0 Å². The van der Waals surface area contributed by atoms with Gasteiger partial charge in [0.1, 0.15) is 6.04 Å². The van der Waals surface area contributed by atoms with E-state index < -0.39 is 22.9 Å². The Kier molecular flexibility index (Phi) is 4.12. The minimum atomic E-state index is -0.804. The van der Waals surface area contributed by atoms with Crippen molar-refractivity contribution in [2.45, 2.75) is 18.9 Å². The number of nitro groups is 1. The Labute approximate surface area is 118 Å². The average molecular weight is 292 g/mol. The van der Waals surface area contributed by atoms with Gasteiger partial charge in [-0.25, -0.2) is 4.79 Å². The van der Waals surface area contributed by atoms with Crippen LogP contribution in [0, 0.1) is 10.1 Å². The van der Waals surface area contributed by atoms with Gasteiger partial charge in [0, 0.05) is 24.2 Å². The van der Waals surface area contributed by atoms with Crippen LogP contribution in [0.5, 0.6) is 0 Å². The zero-order valence-electron chi connectivity index (χ0n) is 10.8. The summed E-state index contributed by atoms with van der Waals surface area (Å²) in [6.45, 7) is 0. The summed E-state index contributed by atoms with van der Waals surface area (Å²) >= 11 is 0. The second-order valence-electron chi connectivity index (χ2n) is 4.41. The van der Waals surface area contributed by atoms with E-state index in [0.717, 1.165) is 0 Å². The van der Waals surface area contributed by atoms with Crippen LogP contribution in [0.15, 0.2) is 24.3 Å². The van der Waals surface area contributed by atoms with Gasteiger partial charge >= 0.3 is 6.03 Å². The van der Waals surface area contributed by atoms with E-state index in [2.05, 4.69) is 16.0 Å². The first-order chi connectivity index (χ1) is 9.95. The third-order valence-corrected chi connectivity index (χ3v) is 2.86. The Morgan fingerprint density at radius 1 is 1.38 bits per heavy atom. The molecule has 1 unspecified atom stereocenters. The Morgan fingerprint density at radius 3 is 2.81 bits per heavy atom. The summed E-state index contributed by atoms with van der Waals surface area (Å²) in [5.74, 6) is -0.947. The normalized spacial score (nSPS) is 17.8. The number of amides is 4. The van der Waals surface area contributed by atoms with E-state index in [4.69, 9.17) is 0 Å². The van der Waals surface area contributed by atoms with Crippen LogP contribution in [0.4, 0.5) is 16.2 Å². The van der Waals surface area contributed by atoms with E-state index in [1.807, 2.05) is 0 Å². The van der Waals surface area contributed by atoms with Crippen LogP contribution >= 0.6 is 0 Å². The third-order valence-electron chi connectivity index (χ3n) is 2.86. The van der Waals surface area contributed by atoms with E-state index in [1.54, 1.807) is 0 Å². The van der Waals surface area contributed by atoms with Gasteiger partial charge in [-0.05, 0) is 12.5 Å². The number of nitrogens with one attached hydrogen (secondary N) is 3. The van der Waals surface area contributed by atoms with Gasteiger partial charge in [-0.15, -0.1) is 0 Å². The lowest BCUT2D eigenvalue weighted by Gasteiger charge is -2.21.